The molecule has 0 bridgehead atoms. The van der Waals surface area contributed by atoms with Crippen LogP contribution in [0.4, 0.5) is 5.69 Å². The van der Waals surface area contributed by atoms with Gasteiger partial charge in [-0.2, -0.15) is 5.10 Å². The van der Waals surface area contributed by atoms with Crippen molar-refractivity contribution >= 4 is 5.69 Å². The molecule has 1 heterocycles. The van der Waals surface area contributed by atoms with E-state index in [9.17, 15) is 0 Å². The van der Waals surface area contributed by atoms with Gasteiger partial charge in [-0.3, -0.25) is 4.68 Å². The summed E-state index contributed by atoms with van der Waals surface area (Å²) in [4.78, 5) is 0. The summed E-state index contributed by atoms with van der Waals surface area (Å²) in [5, 5.41) is 4.00. The molecule has 0 atom stereocenters. The molecule has 0 spiro atoms. The quantitative estimate of drug-likeness (QED) is 0.531. The number of rotatable bonds is 1. The summed E-state index contributed by atoms with van der Waals surface area (Å²) in [6.45, 7) is 0.409. The number of aromatic nitrogens is 2. The number of aryl methyl sites for hydroxylation is 1. The first-order chi connectivity index (χ1) is 4.24. The molecular formula is C5H10N4. The van der Waals surface area contributed by atoms with Crippen LogP contribution in [-0.2, 0) is 13.6 Å². The smallest absolute Gasteiger partial charge is 0.0989 e. The fourth-order valence-corrected chi connectivity index (χ4v) is 0.711. The second-order valence-electron chi connectivity index (χ2n) is 1.91. The standard InChI is InChI=1S/C5H10N4/c1-9-3-4(7)5(2-6)8-9/h3H,2,6-7H2,1H3. The van der Waals surface area contributed by atoms with Crippen molar-refractivity contribution in [2.24, 2.45) is 12.8 Å². The Hall–Kier alpha value is -1.03. The van der Waals surface area contributed by atoms with Crippen LogP contribution in [-0.4, -0.2) is 9.78 Å². The lowest BCUT2D eigenvalue weighted by atomic mass is 10.4. The molecule has 0 fully saturated rings. The highest BCUT2D eigenvalue weighted by Gasteiger charge is 1.98. The summed E-state index contributed by atoms with van der Waals surface area (Å²) in [7, 11) is 1.82. The van der Waals surface area contributed by atoms with Crippen LogP contribution in [0.15, 0.2) is 6.20 Å². The van der Waals surface area contributed by atoms with Crippen LogP contribution in [0, 0.1) is 0 Å². The van der Waals surface area contributed by atoms with E-state index in [0.717, 1.165) is 5.69 Å². The molecule has 1 rings (SSSR count). The molecule has 0 amide bonds. The Labute approximate surface area is 53.4 Å². The second-order valence-corrected chi connectivity index (χ2v) is 1.91. The van der Waals surface area contributed by atoms with Gasteiger partial charge in [0.1, 0.15) is 0 Å². The van der Waals surface area contributed by atoms with Gasteiger partial charge in [-0.25, -0.2) is 0 Å². The molecule has 4 nitrogen and oxygen atoms in total. The Bertz CT molecular complexity index is 203. The van der Waals surface area contributed by atoms with E-state index in [2.05, 4.69) is 5.10 Å². The Morgan fingerprint density at radius 1 is 1.78 bits per heavy atom. The minimum absolute atomic E-state index is 0.409. The van der Waals surface area contributed by atoms with Gasteiger partial charge in [-0.05, 0) is 0 Å². The maximum absolute atomic E-state index is 5.49. The van der Waals surface area contributed by atoms with Crippen molar-refractivity contribution < 1.29 is 0 Å². The first-order valence-electron chi connectivity index (χ1n) is 2.72. The summed E-state index contributed by atoms with van der Waals surface area (Å²) in [6, 6.07) is 0. The molecule has 1 aromatic heterocycles. The number of anilines is 1. The molecule has 0 saturated carbocycles. The summed E-state index contributed by atoms with van der Waals surface area (Å²) < 4.78 is 1.65. The summed E-state index contributed by atoms with van der Waals surface area (Å²) in [5.74, 6) is 0. The molecule has 0 aliphatic rings. The number of hydrogen-bond acceptors (Lipinski definition) is 3. The fourth-order valence-electron chi connectivity index (χ4n) is 0.711. The van der Waals surface area contributed by atoms with E-state index in [4.69, 9.17) is 11.5 Å². The zero-order valence-corrected chi connectivity index (χ0v) is 5.33. The topological polar surface area (TPSA) is 69.9 Å². The van der Waals surface area contributed by atoms with E-state index in [1.165, 1.54) is 0 Å². The van der Waals surface area contributed by atoms with Crippen molar-refractivity contribution in [1.29, 1.82) is 0 Å². The third kappa shape index (κ3) is 1.02. The third-order valence-electron chi connectivity index (χ3n) is 1.13. The molecule has 1 aromatic rings. The minimum Gasteiger partial charge on any atom is -0.396 e. The summed E-state index contributed by atoms with van der Waals surface area (Å²) in [6.07, 6.45) is 1.74. The molecule has 50 valence electrons. The van der Waals surface area contributed by atoms with Crippen LogP contribution in [0.5, 0.6) is 0 Å². The van der Waals surface area contributed by atoms with Crippen molar-refractivity contribution in [3.05, 3.63) is 11.9 Å². The Morgan fingerprint density at radius 2 is 2.44 bits per heavy atom. The van der Waals surface area contributed by atoms with Gasteiger partial charge in [-0.15, -0.1) is 0 Å². The SMILES string of the molecule is Cn1cc(N)c(CN)n1. The normalized spacial score (nSPS) is 10.0. The van der Waals surface area contributed by atoms with Crippen LogP contribution >= 0.6 is 0 Å². The van der Waals surface area contributed by atoms with Crippen LogP contribution < -0.4 is 11.5 Å². The number of nitrogens with zero attached hydrogens (tertiary/aromatic N) is 2. The molecule has 0 unspecified atom stereocenters. The average Bonchev–Trinajstić information content (AvgIpc) is 2.10. The first kappa shape index (κ1) is 6.10. The lowest BCUT2D eigenvalue weighted by Gasteiger charge is -1.86. The molecule has 0 aromatic carbocycles. The molecular weight excluding hydrogens is 116 g/mol. The maximum atomic E-state index is 5.49. The fraction of sp³-hybridized carbons (Fsp3) is 0.400. The van der Waals surface area contributed by atoms with Gasteiger partial charge in [0.2, 0.25) is 0 Å². The lowest BCUT2D eigenvalue weighted by molar-refractivity contribution is 0.742. The lowest BCUT2D eigenvalue weighted by Crippen LogP contribution is -2.00. The minimum atomic E-state index is 0.409. The van der Waals surface area contributed by atoms with E-state index in [0.29, 0.717) is 12.2 Å². The van der Waals surface area contributed by atoms with E-state index in [1.54, 1.807) is 10.9 Å². The van der Waals surface area contributed by atoms with Gasteiger partial charge in [0, 0.05) is 19.8 Å². The molecule has 4 N–H and O–H groups in total. The maximum Gasteiger partial charge on any atom is 0.0989 e. The Kier molecular flexibility index (Phi) is 1.40. The van der Waals surface area contributed by atoms with Crippen molar-refractivity contribution in [2.45, 2.75) is 6.54 Å². The predicted molar refractivity (Wildman–Crippen MR) is 35.5 cm³/mol. The summed E-state index contributed by atoms with van der Waals surface area (Å²) in [5.41, 5.74) is 12.2. The van der Waals surface area contributed by atoms with Crippen molar-refractivity contribution in [2.75, 3.05) is 5.73 Å². The van der Waals surface area contributed by atoms with Gasteiger partial charge in [-0.1, -0.05) is 0 Å². The van der Waals surface area contributed by atoms with Crippen LogP contribution in [0.3, 0.4) is 0 Å². The van der Waals surface area contributed by atoms with Crippen molar-refractivity contribution in [3.8, 4) is 0 Å². The van der Waals surface area contributed by atoms with Gasteiger partial charge < -0.3 is 11.5 Å². The molecule has 0 aliphatic carbocycles. The molecule has 4 heteroatoms. The predicted octanol–water partition coefficient (Wildman–Crippen LogP) is -0.539. The first-order valence-corrected chi connectivity index (χ1v) is 2.72. The van der Waals surface area contributed by atoms with E-state index in [1.807, 2.05) is 7.05 Å². The molecule has 0 aliphatic heterocycles. The largest absolute Gasteiger partial charge is 0.396 e. The average molecular weight is 126 g/mol. The summed E-state index contributed by atoms with van der Waals surface area (Å²) >= 11 is 0. The zero-order valence-electron chi connectivity index (χ0n) is 5.33. The van der Waals surface area contributed by atoms with E-state index in [-0.39, 0.29) is 0 Å². The number of nitrogen functional groups attached to an aromatic ring is 1. The Balaban J connectivity index is 3.01. The zero-order chi connectivity index (χ0) is 6.85. The molecule has 0 radical (unpaired) electrons. The second kappa shape index (κ2) is 2.06. The van der Waals surface area contributed by atoms with Crippen molar-refractivity contribution in [1.82, 2.24) is 9.78 Å². The van der Waals surface area contributed by atoms with E-state index < -0.39 is 0 Å². The number of hydrogen-bond donors (Lipinski definition) is 2. The highest BCUT2D eigenvalue weighted by Crippen LogP contribution is 2.05. The van der Waals surface area contributed by atoms with Gasteiger partial charge in [0.05, 0.1) is 11.4 Å². The molecule has 0 saturated heterocycles. The highest BCUT2D eigenvalue weighted by atomic mass is 15.3. The van der Waals surface area contributed by atoms with Gasteiger partial charge >= 0.3 is 0 Å². The van der Waals surface area contributed by atoms with Crippen LogP contribution in [0.25, 0.3) is 0 Å². The monoisotopic (exact) mass is 126 g/mol. The van der Waals surface area contributed by atoms with Crippen molar-refractivity contribution in [3.63, 3.8) is 0 Å². The van der Waals surface area contributed by atoms with E-state index >= 15 is 0 Å². The highest BCUT2D eigenvalue weighted by molar-refractivity contribution is 5.40. The van der Waals surface area contributed by atoms with Gasteiger partial charge in [0.25, 0.3) is 0 Å². The Morgan fingerprint density at radius 3 is 2.67 bits per heavy atom. The molecule has 9 heavy (non-hydrogen) atoms. The van der Waals surface area contributed by atoms with Crippen LogP contribution in [0.1, 0.15) is 5.69 Å². The number of nitrogens with two attached hydrogens (primary N) is 2. The van der Waals surface area contributed by atoms with Crippen LogP contribution in [0.2, 0.25) is 0 Å². The van der Waals surface area contributed by atoms with Gasteiger partial charge in [0.15, 0.2) is 0 Å². The third-order valence-corrected chi connectivity index (χ3v) is 1.13.